The summed E-state index contributed by atoms with van der Waals surface area (Å²) in [6.45, 7) is 4.61. The first-order valence-corrected chi connectivity index (χ1v) is 7.44. The highest BCUT2D eigenvalue weighted by Gasteiger charge is 2.23. The lowest BCUT2D eigenvalue weighted by Gasteiger charge is -2.36. The monoisotopic (exact) mass is 297 g/mol. The zero-order valence-electron chi connectivity index (χ0n) is 12.6. The number of nitrogens with zero attached hydrogens (tertiary/aromatic N) is 2. The molecule has 1 aliphatic rings. The second-order valence-electron chi connectivity index (χ2n) is 5.50. The number of pyridine rings is 1. The molecule has 1 fully saturated rings. The Bertz CT molecular complexity index is 716. The molecule has 2 aromatic rings. The third-order valence-electron chi connectivity index (χ3n) is 3.97. The molecule has 0 spiro atoms. The summed E-state index contributed by atoms with van der Waals surface area (Å²) in [6.07, 6.45) is 0. The van der Waals surface area contributed by atoms with Gasteiger partial charge in [0.05, 0.1) is 0 Å². The largest absolute Gasteiger partial charge is 0.368 e. The lowest BCUT2D eigenvalue weighted by molar-refractivity contribution is 0.0745. The fourth-order valence-electron chi connectivity index (χ4n) is 2.72. The fourth-order valence-corrected chi connectivity index (χ4v) is 2.72. The lowest BCUT2D eigenvalue weighted by atomic mass is 10.2. The van der Waals surface area contributed by atoms with Crippen LogP contribution in [-0.4, -0.2) is 42.0 Å². The molecule has 1 saturated heterocycles. The van der Waals surface area contributed by atoms with Crippen LogP contribution in [0.1, 0.15) is 16.1 Å². The summed E-state index contributed by atoms with van der Waals surface area (Å²) in [5, 5.41) is 0. The normalized spacial score (nSPS) is 15.0. The van der Waals surface area contributed by atoms with Crippen molar-refractivity contribution in [2.45, 2.75) is 6.92 Å². The highest BCUT2D eigenvalue weighted by molar-refractivity contribution is 5.94. The molecule has 2 heterocycles. The average molecular weight is 297 g/mol. The predicted octanol–water partition coefficient (Wildman–Crippen LogP) is 1.65. The van der Waals surface area contributed by atoms with Crippen molar-refractivity contribution < 1.29 is 4.79 Å². The number of aromatic nitrogens is 1. The van der Waals surface area contributed by atoms with Gasteiger partial charge in [-0.1, -0.05) is 18.2 Å². The van der Waals surface area contributed by atoms with Crippen LogP contribution >= 0.6 is 0 Å². The second-order valence-corrected chi connectivity index (χ2v) is 5.50. The summed E-state index contributed by atoms with van der Waals surface area (Å²) in [6, 6.07) is 13.5. The molecule has 1 aromatic carbocycles. The number of carbonyl (C=O) groups excluding carboxylic acids is 1. The van der Waals surface area contributed by atoms with Gasteiger partial charge in [0.25, 0.3) is 11.5 Å². The minimum atomic E-state index is -0.310. The van der Waals surface area contributed by atoms with Crippen LogP contribution in [0.4, 0.5) is 5.69 Å². The summed E-state index contributed by atoms with van der Waals surface area (Å²) in [4.78, 5) is 31.0. The molecule has 0 unspecified atom stereocenters. The number of rotatable bonds is 2. The topological polar surface area (TPSA) is 56.4 Å². The molecule has 5 nitrogen and oxygen atoms in total. The quantitative estimate of drug-likeness (QED) is 0.917. The van der Waals surface area contributed by atoms with E-state index in [1.54, 1.807) is 24.0 Å². The molecule has 1 N–H and O–H groups in total. The van der Waals surface area contributed by atoms with Crippen molar-refractivity contribution in [3.8, 4) is 0 Å². The SMILES string of the molecule is Cc1ccc(C(=O)N2CCN(c3ccccc3)CC2)c(=O)[nH]1. The Morgan fingerprint density at radius 2 is 1.68 bits per heavy atom. The zero-order chi connectivity index (χ0) is 15.5. The number of nitrogens with one attached hydrogen (secondary N) is 1. The molecule has 0 radical (unpaired) electrons. The summed E-state index contributed by atoms with van der Waals surface area (Å²) in [5.74, 6) is -0.186. The Hall–Kier alpha value is -2.56. The number of carbonyl (C=O) groups is 1. The van der Waals surface area contributed by atoms with E-state index in [1.807, 2.05) is 18.2 Å². The Morgan fingerprint density at radius 1 is 1.00 bits per heavy atom. The van der Waals surface area contributed by atoms with Gasteiger partial charge in [-0.15, -0.1) is 0 Å². The van der Waals surface area contributed by atoms with E-state index in [9.17, 15) is 9.59 Å². The third kappa shape index (κ3) is 2.88. The van der Waals surface area contributed by atoms with Gasteiger partial charge >= 0.3 is 0 Å². The standard InChI is InChI=1S/C17H19N3O2/c1-13-7-8-15(16(21)18-13)17(22)20-11-9-19(10-12-20)14-5-3-2-4-6-14/h2-8H,9-12H2,1H3,(H,18,21). The van der Waals surface area contributed by atoms with Crippen molar-refractivity contribution in [3.05, 3.63) is 64.1 Å². The molecular weight excluding hydrogens is 278 g/mol. The molecule has 5 heteroatoms. The summed E-state index contributed by atoms with van der Waals surface area (Å²) in [5.41, 5.74) is 1.84. The zero-order valence-corrected chi connectivity index (χ0v) is 12.6. The van der Waals surface area contributed by atoms with E-state index in [0.29, 0.717) is 13.1 Å². The van der Waals surface area contributed by atoms with Gasteiger partial charge in [-0.3, -0.25) is 9.59 Å². The van der Waals surface area contributed by atoms with Gasteiger partial charge in [0.2, 0.25) is 0 Å². The van der Waals surface area contributed by atoms with E-state index in [0.717, 1.165) is 18.8 Å². The van der Waals surface area contributed by atoms with E-state index >= 15 is 0 Å². The van der Waals surface area contributed by atoms with Crippen molar-refractivity contribution >= 4 is 11.6 Å². The molecule has 1 aromatic heterocycles. The second kappa shape index (κ2) is 6.05. The first-order valence-electron chi connectivity index (χ1n) is 7.44. The molecule has 114 valence electrons. The molecular formula is C17H19N3O2. The van der Waals surface area contributed by atoms with Crippen LogP contribution in [0.5, 0.6) is 0 Å². The minimum absolute atomic E-state index is 0.186. The van der Waals surface area contributed by atoms with Gasteiger partial charge in [-0.25, -0.2) is 0 Å². The summed E-state index contributed by atoms with van der Waals surface area (Å²) >= 11 is 0. The molecule has 0 aliphatic carbocycles. The fraction of sp³-hybridized carbons (Fsp3) is 0.294. The highest BCUT2D eigenvalue weighted by Crippen LogP contribution is 2.16. The van der Waals surface area contributed by atoms with Gasteiger partial charge in [-0.2, -0.15) is 0 Å². The maximum Gasteiger partial charge on any atom is 0.260 e. The van der Waals surface area contributed by atoms with Crippen molar-refractivity contribution in [2.75, 3.05) is 31.1 Å². The van der Waals surface area contributed by atoms with Crippen molar-refractivity contribution in [2.24, 2.45) is 0 Å². The number of para-hydroxylation sites is 1. The summed E-state index contributed by atoms with van der Waals surface area (Å²) in [7, 11) is 0. The smallest absolute Gasteiger partial charge is 0.260 e. The maximum absolute atomic E-state index is 12.5. The minimum Gasteiger partial charge on any atom is -0.368 e. The van der Waals surface area contributed by atoms with Gasteiger partial charge in [-0.05, 0) is 31.2 Å². The first-order chi connectivity index (χ1) is 10.6. The number of H-pyrrole nitrogens is 1. The van der Waals surface area contributed by atoms with Crippen LogP contribution in [0.2, 0.25) is 0 Å². The number of hydrogen-bond acceptors (Lipinski definition) is 3. The van der Waals surface area contributed by atoms with Gasteiger partial charge in [0, 0.05) is 37.6 Å². The van der Waals surface area contributed by atoms with Crippen molar-refractivity contribution in [1.29, 1.82) is 0 Å². The number of aryl methyl sites for hydroxylation is 1. The van der Waals surface area contributed by atoms with Crippen LogP contribution < -0.4 is 10.5 Å². The predicted molar refractivity (Wildman–Crippen MR) is 86.4 cm³/mol. The van der Waals surface area contributed by atoms with Gasteiger partial charge in [0.15, 0.2) is 0 Å². The molecule has 22 heavy (non-hydrogen) atoms. The molecule has 3 rings (SSSR count). The Kier molecular flexibility index (Phi) is 3.96. The molecule has 1 aliphatic heterocycles. The average Bonchev–Trinajstić information content (AvgIpc) is 2.55. The highest BCUT2D eigenvalue weighted by atomic mass is 16.2. The van der Waals surface area contributed by atoms with E-state index in [-0.39, 0.29) is 17.0 Å². The van der Waals surface area contributed by atoms with Gasteiger partial charge < -0.3 is 14.8 Å². The van der Waals surface area contributed by atoms with E-state index in [4.69, 9.17) is 0 Å². The van der Waals surface area contributed by atoms with Crippen LogP contribution in [0, 0.1) is 6.92 Å². The molecule has 0 atom stereocenters. The number of amides is 1. The number of benzene rings is 1. The van der Waals surface area contributed by atoms with E-state index in [1.165, 1.54) is 5.69 Å². The van der Waals surface area contributed by atoms with Crippen LogP contribution in [-0.2, 0) is 0 Å². The molecule has 0 saturated carbocycles. The Morgan fingerprint density at radius 3 is 2.32 bits per heavy atom. The number of piperazine rings is 1. The number of anilines is 1. The third-order valence-corrected chi connectivity index (χ3v) is 3.97. The van der Waals surface area contributed by atoms with Gasteiger partial charge in [0.1, 0.15) is 5.56 Å². The molecule has 0 bridgehead atoms. The maximum atomic E-state index is 12.5. The summed E-state index contributed by atoms with van der Waals surface area (Å²) < 4.78 is 0. The molecule has 1 amide bonds. The van der Waals surface area contributed by atoms with Crippen LogP contribution in [0.3, 0.4) is 0 Å². The van der Waals surface area contributed by atoms with E-state index in [2.05, 4.69) is 22.0 Å². The first kappa shape index (κ1) is 14.4. The van der Waals surface area contributed by atoms with Crippen LogP contribution in [0.25, 0.3) is 0 Å². The van der Waals surface area contributed by atoms with Crippen molar-refractivity contribution in [3.63, 3.8) is 0 Å². The van der Waals surface area contributed by atoms with Crippen molar-refractivity contribution in [1.82, 2.24) is 9.88 Å². The lowest BCUT2D eigenvalue weighted by Crippen LogP contribution is -2.49. The number of hydrogen-bond donors (Lipinski definition) is 1. The number of aromatic amines is 1. The van der Waals surface area contributed by atoms with Crippen LogP contribution in [0.15, 0.2) is 47.3 Å². The van der Waals surface area contributed by atoms with E-state index < -0.39 is 0 Å². The Balaban J connectivity index is 1.68. The Labute approximate surface area is 129 Å².